The molecule has 0 saturated heterocycles. The van der Waals surface area contributed by atoms with E-state index in [-0.39, 0.29) is 41.5 Å². The van der Waals surface area contributed by atoms with Gasteiger partial charge in [-0.3, -0.25) is 0 Å². The first-order chi connectivity index (χ1) is 23.1. The number of hydrogen-bond acceptors (Lipinski definition) is 7. The van der Waals surface area contributed by atoms with Crippen LogP contribution in [0.3, 0.4) is 0 Å². The smallest absolute Gasteiger partial charge is 0.503 e. The van der Waals surface area contributed by atoms with Gasteiger partial charge < -0.3 is 24.0 Å². The monoisotopic (exact) mass is 909 g/mol. The quantitative estimate of drug-likeness (QED) is 0.117. The maximum absolute atomic E-state index is 6.38. The third-order valence-corrected chi connectivity index (χ3v) is 7.73. The molecule has 4 heterocycles. The van der Waals surface area contributed by atoms with E-state index in [1.54, 1.807) is 12.4 Å². The first-order valence-corrected chi connectivity index (χ1v) is 14.9. The summed E-state index contributed by atoms with van der Waals surface area (Å²) >= 11 is 0. The average molecular weight is 910 g/mol. The van der Waals surface area contributed by atoms with E-state index in [9.17, 15) is 0 Å². The van der Waals surface area contributed by atoms with Crippen LogP contribution in [0.15, 0.2) is 110 Å². The van der Waals surface area contributed by atoms with Crippen LogP contribution in [0.5, 0.6) is 23.0 Å². The molecule has 0 amide bonds. The van der Waals surface area contributed by atoms with Crippen LogP contribution in [0, 0.1) is 38.1 Å². The van der Waals surface area contributed by atoms with Gasteiger partial charge in [0.2, 0.25) is 5.95 Å². The Morgan fingerprint density at radius 2 is 1.04 bits per heavy atom. The maximum atomic E-state index is 6.38. The minimum absolute atomic E-state index is 0. The number of aromatic nitrogens is 6. The second-order valence-corrected chi connectivity index (χ2v) is 10.8. The summed E-state index contributed by atoms with van der Waals surface area (Å²) in [6.07, 6.45) is 6.45. The summed E-state index contributed by atoms with van der Waals surface area (Å²) < 4.78 is 14.6. The average Bonchev–Trinajstić information content (AvgIpc) is 3.44. The van der Waals surface area contributed by atoms with Gasteiger partial charge in [-0.1, -0.05) is 72.4 Å². The number of nitrogens with zero attached hydrogens (tertiary/aromatic N) is 6. The maximum Gasteiger partial charge on any atom is 2.00 e. The molecule has 242 valence electrons. The molecular formula is C39H24N6O2PdPt. The first-order valence-electron chi connectivity index (χ1n) is 14.9. The minimum Gasteiger partial charge on any atom is -0.503 e. The van der Waals surface area contributed by atoms with Crippen molar-refractivity contribution in [2.24, 2.45) is 0 Å². The Labute approximate surface area is 311 Å². The number of hydrogen-bond donors (Lipinski definition) is 0. The van der Waals surface area contributed by atoms with Gasteiger partial charge in [-0.05, 0) is 23.5 Å². The summed E-state index contributed by atoms with van der Waals surface area (Å²) in [4.78, 5) is 21.9. The molecule has 4 aromatic heterocycles. The third-order valence-electron chi connectivity index (χ3n) is 7.73. The first kappa shape index (κ1) is 33.8. The van der Waals surface area contributed by atoms with Gasteiger partial charge in [-0.25, -0.2) is 15.0 Å². The Balaban J connectivity index is 0.00000208. The van der Waals surface area contributed by atoms with Crippen molar-refractivity contribution in [2.75, 3.05) is 0 Å². The molecule has 0 radical (unpaired) electrons. The van der Waals surface area contributed by atoms with Crippen LogP contribution in [0.25, 0.3) is 50.3 Å². The fraction of sp³-hybridized carbons (Fsp3) is 0.0513. The van der Waals surface area contributed by atoms with Crippen molar-refractivity contribution in [3.63, 3.8) is 0 Å². The predicted molar refractivity (Wildman–Crippen MR) is 178 cm³/mol. The van der Waals surface area contributed by atoms with Gasteiger partial charge >= 0.3 is 41.5 Å². The molecule has 0 atom stereocenters. The van der Waals surface area contributed by atoms with Crippen LogP contribution in [-0.4, -0.2) is 29.5 Å². The number of fused-ring (bicyclic) bond motifs is 3. The number of rotatable bonds is 7. The summed E-state index contributed by atoms with van der Waals surface area (Å²) in [6.45, 7) is 3.96. The Morgan fingerprint density at radius 1 is 0.551 bits per heavy atom. The number of pyridine rings is 2. The second kappa shape index (κ2) is 14.6. The molecule has 10 heteroatoms. The zero-order valence-corrected chi connectivity index (χ0v) is 29.9. The van der Waals surface area contributed by atoms with Gasteiger partial charge in [0.15, 0.2) is 0 Å². The third kappa shape index (κ3) is 6.79. The molecule has 0 N–H and O–H groups in total. The molecule has 0 spiro atoms. The number of ether oxygens (including phenoxy) is 2. The zero-order valence-electron chi connectivity index (χ0n) is 26.0. The Morgan fingerprint density at radius 3 is 1.49 bits per heavy atom. The van der Waals surface area contributed by atoms with Gasteiger partial charge in [0, 0.05) is 35.4 Å². The van der Waals surface area contributed by atoms with Crippen molar-refractivity contribution in [3.05, 3.63) is 145 Å². The molecule has 0 fully saturated rings. The van der Waals surface area contributed by atoms with Crippen molar-refractivity contribution in [3.8, 4) is 51.5 Å². The van der Waals surface area contributed by atoms with Crippen LogP contribution < -0.4 is 9.47 Å². The molecule has 49 heavy (non-hydrogen) atoms. The molecule has 8 rings (SSSR count). The standard InChI is InChI=1S/C39H24N6O2.Pd.Pt/c1-25-9-11-27(33-7-3-5-17-41-33)19-37(25)46-29-13-15-31-32-16-14-30(22-36(32)45(35(31)21-29)39-43-23-40-24-44-39)47-38-20-28(12-10-26(38)2)34-8-4-6-18-42-34;;/h3-18,23-24H,1-2H3;;/q-4;2*+2. The molecule has 4 aromatic carbocycles. The molecule has 0 aliphatic carbocycles. The van der Waals surface area contributed by atoms with E-state index in [1.807, 2.05) is 103 Å². The predicted octanol–water partition coefficient (Wildman–Crippen LogP) is 8.49. The van der Waals surface area contributed by atoms with E-state index in [0.29, 0.717) is 28.9 Å². The number of benzene rings is 4. The van der Waals surface area contributed by atoms with Crippen molar-refractivity contribution >= 4 is 21.8 Å². The van der Waals surface area contributed by atoms with Crippen molar-refractivity contribution in [1.29, 1.82) is 0 Å². The van der Waals surface area contributed by atoms with Crippen LogP contribution in [0.4, 0.5) is 0 Å². The van der Waals surface area contributed by atoms with E-state index in [1.165, 1.54) is 12.7 Å². The Hall–Kier alpha value is -5.06. The summed E-state index contributed by atoms with van der Waals surface area (Å²) in [6, 6.07) is 41.0. The molecule has 0 unspecified atom stereocenters. The van der Waals surface area contributed by atoms with Crippen molar-refractivity contribution in [1.82, 2.24) is 29.5 Å². The van der Waals surface area contributed by atoms with Crippen LogP contribution in [-0.2, 0) is 41.5 Å². The van der Waals surface area contributed by atoms with Gasteiger partial charge in [0.25, 0.3) is 0 Å². The molecule has 0 aliphatic rings. The fourth-order valence-electron chi connectivity index (χ4n) is 5.36. The summed E-state index contributed by atoms with van der Waals surface area (Å²) in [5, 5.41) is 1.86. The minimum atomic E-state index is 0. The Kier molecular flexibility index (Phi) is 10.1. The second-order valence-electron chi connectivity index (χ2n) is 10.8. The Bertz CT molecular complexity index is 2240. The van der Waals surface area contributed by atoms with E-state index in [2.05, 4.69) is 49.2 Å². The molecule has 8 nitrogen and oxygen atoms in total. The molecule has 0 saturated carbocycles. The fourth-order valence-corrected chi connectivity index (χ4v) is 5.36. The van der Waals surface area contributed by atoms with Crippen molar-refractivity contribution in [2.45, 2.75) is 13.8 Å². The molecule has 8 aromatic rings. The van der Waals surface area contributed by atoms with Crippen LogP contribution in [0.1, 0.15) is 11.1 Å². The van der Waals surface area contributed by atoms with Crippen molar-refractivity contribution < 1.29 is 51.0 Å². The largest absolute Gasteiger partial charge is 2.00 e. The van der Waals surface area contributed by atoms with E-state index >= 15 is 0 Å². The topological polar surface area (TPSA) is 87.8 Å². The van der Waals surface area contributed by atoms with Gasteiger partial charge in [-0.15, -0.1) is 59.7 Å². The van der Waals surface area contributed by atoms with Crippen LogP contribution in [0.2, 0.25) is 0 Å². The van der Waals surface area contributed by atoms with Gasteiger partial charge in [0.05, 0.1) is 0 Å². The summed E-state index contributed by atoms with van der Waals surface area (Å²) in [5.41, 5.74) is 6.62. The molecule has 0 bridgehead atoms. The van der Waals surface area contributed by atoms with E-state index in [4.69, 9.17) is 9.47 Å². The SMILES string of the molecule is Cc1ccc(-c2ccccn2)[c-]c1Oc1[c-]c2c(cc1)c1ccc(Oc3[c-]c(-c4ccccn4)ccc3C)[c-]c1n2-c1ncncn1.[Pd+2].[Pt+2]. The molecule has 0 aliphatic heterocycles. The van der Waals surface area contributed by atoms with Gasteiger partial charge in [0.1, 0.15) is 12.7 Å². The summed E-state index contributed by atoms with van der Waals surface area (Å²) in [7, 11) is 0. The van der Waals surface area contributed by atoms with E-state index in [0.717, 1.165) is 55.4 Å². The zero-order chi connectivity index (χ0) is 31.7. The summed E-state index contributed by atoms with van der Waals surface area (Å²) in [5.74, 6) is 2.63. The van der Waals surface area contributed by atoms with E-state index < -0.39 is 0 Å². The normalized spacial score (nSPS) is 10.7. The van der Waals surface area contributed by atoms with Gasteiger partial charge in [-0.2, -0.15) is 22.9 Å². The number of aryl methyl sites for hydroxylation is 2. The van der Waals surface area contributed by atoms with Crippen LogP contribution >= 0.6 is 0 Å². The molecular weight excluding hydrogens is 886 g/mol.